The van der Waals surface area contributed by atoms with Crippen molar-refractivity contribution in [1.29, 1.82) is 0 Å². The van der Waals surface area contributed by atoms with Gasteiger partial charge in [-0.05, 0) is 19.3 Å². The summed E-state index contributed by atoms with van der Waals surface area (Å²) in [5.41, 5.74) is 5.37. The Kier molecular flexibility index (Phi) is 37.4. The van der Waals surface area contributed by atoms with Gasteiger partial charge in [0.2, 0.25) is 5.91 Å². The van der Waals surface area contributed by atoms with E-state index in [1.165, 1.54) is 154 Å². The lowest BCUT2D eigenvalue weighted by Crippen LogP contribution is -2.45. The van der Waals surface area contributed by atoms with E-state index < -0.39 is 20.0 Å². The molecule has 0 bridgehead atoms. The Labute approximate surface area is 309 Å². The molecule has 0 aliphatic carbocycles. The highest BCUT2D eigenvalue weighted by molar-refractivity contribution is 7.47. The summed E-state index contributed by atoms with van der Waals surface area (Å²) >= 11 is 0. The summed E-state index contributed by atoms with van der Waals surface area (Å²) in [4.78, 5) is 22.7. The first-order valence-electron chi connectivity index (χ1n) is 21.3. The molecule has 0 aromatic rings. The summed E-state index contributed by atoms with van der Waals surface area (Å²) in [5.74, 6) is -0.191. The van der Waals surface area contributed by atoms with Gasteiger partial charge in [0.05, 0.1) is 25.4 Å². The number of aliphatic hydroxyl groups excluding tert-OH is 1. The number of amides is 1. The van der Waals surface area contributed by atoms with Gasteiger partial charge in [-0.15, -0.1) is 0 Å². The first-order chi connectivity index (χ1) is 24.4. The van der Waals surface area contributed by atoms with E-state index in [9.17, 15) is 19.4 Å². The topological polar surface area (TPSA) is 131 Å². The molecule has 0 radical (unpaired) electrons. The van der Waals surface area contributed by atoms with Crippen molar-refractivity contribution in [2.45, 2.75) is 225 Å². The fraction of sp³-hybridized carbons (Fsp3) is 0.927. The van der Waals surface area contributed by atoms with Crippen LogP contribution < -0.4 is 11.1 Å². The summed E-state index contributed by atoms with van der Waals surface area (Å²) in [6.45, 7) is 4.15. The summed E-state index contributed by atoms with van der Waals surface area (Å²) < 4.78 is 22.1. The van der Waals surface area contributed by atoms with Gasteiger partial charge < -0.3 is 21.1 Å². The molecule has 0 saturated carbocycles. The molecule has 5 N–H and O–H groups in total. The predicted octanol–water partition coefficient (Wildman–Crippen LogP) is 11.6. The van der Waals surface area contributed by atoms with Gasteiger partial charge in [-0.3, -0.25) is 13.8 Å². The lowest BCUT2D eigenvalue weighted by atomic mass is 10.0. The Hall–Kier alpha value is -0.760. The molecule has 50 heavy (non-hydrogen) atoms. The molecule has 3 atom stereocenters. The number of allylic oxidation sites excluding steroid dienone is 1. The summed E-state index contributed by atoms with van der Waals surface area (Å²) in [7, 11) is -4.33. The van der Waals surface area contributed by atoms with Crippen LogP contribution >= 0.6 is 7.82 Å². The third-order valence-electron chi connectivity index (χ3n) is 9.61. The third-order valence-corrected chi connectivity index (χ3v) is 10.6. The van der Waals surface area contributed by atoms with Gasteiger partial charge in [0.15, 0.2) is 0 Å². The Morgan fingerprint density at radius 1 is 0.640 bits per heavy atom. The quantitative estimate of drug-likeness (QED) is 0.0280. The molecular formula is C41H83N2O6P. The Morgan fingerprint density at radius 2 is 1.02 bits per heavy atom. The summed E-state index contributed by atoms with van der Waals surface area (Å²) in [6, 6.07) is -0.853. The Balaban J connectivity index is 4.17. The number of hydrogen-bond acceptors (Lipinski definition) is 6. The van der Waals surface area contributed by atoms with Crippen molar-refractivity contribution < 1.29 is 28.4 Å². The molecule has 1 amide bonds. The van der Waals surface area contributed by atoms with Crippen LogP contribution in [0.1, 0.15) is 213 Å². The van der Waals surface area contributed by atoms with E-state index in [1.807, 2.05) is 6.08 Å². The molecule has 0 rings (SSSR count). The lowest BCUT2D eigenvalue weighted by Gasteiger charge is -2.23. The van der Waals surface area contributed by atoms with Crippen molar-refractivity contribution in [2.75, 3.05) is 19.8 Å². The van der Waals surface area contributed by atoms with Crippen LogP contribution in [0, 0.1) is 0 Å². The SMILES string of the molecule is CCCCCCCCCCCCC/C=C/[C@@H](O)[C@H](COP(=O)(O)OCCN)NC(=O)CCCCCCCCCCCCCCCCCCCC. The summed E-state index contributed by atoms with van der Waals surface area (Å²) in [6.07, 6.45) is 41.1. The maximum absolute atomic E-state index is 12.7. The first-order valence-corrected chi connectivity index (χ1v) is 22.8. The fourth-order valence-electron chi connectivity index (χ4n) is 6.37. The maximum Gasteiger partial charge on any atom is 0.472 e. The van der Waals surface area contributed by atoms with Crippen molar-refractivity contribution in [3.63, 3.8) is 0 Å². The van der Waals surface area contributed by atoms with Crippen molar-refractivity contribution in [1.82, 2.24) is 5.32 Å². The molecule has 0 spiro atoms. The lowest BCUT2D eigenvalue weighted by molar-refractivity contribution is -0.123. The van der Waals surface area contributed by atoms with E-state index in [-0.39, 0.29) is 25.7 Å². The molecule has 0 aromatic carbocycles. The smallest absolute Gasteiger partial charge is 0.387 e. The number of carbonyl (C=O) groups excluding carboxylic acids is 1. The second kappa shape index (κ2) is 38.0. The minimum atomic E-state index is -4.33. The number of nitrogens with two attached hydrogens (primary N) is 1. The minimum absolute atomic E-state index is 0.0812. The van der Waals surface area contributed by atoms with Crippen molar-refractivity contribution >= 4 is 13.7 Å². The van der Waals surface area contributed by atoms with Crippen molar-refractivity contribution in [3.8, 4) is 0 Å². The average molecular weight is 731 g/mol. The molecule has 0 fully saturated rings. The number of nitrogens with one attached hydrogen (secondary N) is 1. The number of phosphoric ester groups is 1. The number of rotatable bonds is 40. The molecule has 8 nitrogen and oxygen atoms in total. The van der Waals surface area contributed by atoms with E-state index in [0.717, 1.165) is 38.5 Å². The van der Waals surface area contributed by atoms with Crippen LogP contribution in [0.25, 0.3) is 0 Å². The number of carbonyl (C=O) groups is 1. The van der Waals surface area contributed by atoms with Gasteiger partial charge in [-0.2, -0.15) is 0 Å². The minimum Gasteiger partial charge on any atom is -0.387 e. The van der Waals surface area contributed by atoms with Crippen LogP contribution in [0.5, 0.6) is 0 Å². The van der Waals surface area contributed by atoms with E-state index in [2.05, 4.69) is 19.2 Å². The molecular weight excluding hydrogens is 647 g/mol. The normalized spacial score (nSPS) is 14.3. The van der Waals surface area contributed by atoms with E-state index >= 15 is 0 Å². The fourth-order valence-corrected chi connectivity index (χ4v) is 7.13. The van der Waals surface area contributed by atoms with Gasteiger partial charge in [-0.1, -0.05) is 199 Å². The Morgan fingerprint density at radius 3 is 1.42 bits per heavy atom. The van der Waals surface area contributed by atoms with Crippen molar-refractivity contribution in [3.05, 3.63) is 12.2 Å². The van der Waals surface area contributed by atoms with Crippen LogP contribution in [0.2, 0.25) is 0 Å². The molecule has 9 heteroatoms. The summed E-state index contributed by atoms with van der Waals surface area (Å²) in [5, 5.41) is 13.6. The van der Waals surface area contributed by atoms with Gasteiger partial charge >= 0.3 is 7.82 Å². The molecule has 0 saturated heterocycles. The zero-order valence-electron chi connectivity index (χ0n) is 32.9. The third kappa shape index (κ3) is 35.6. The van der Waals surface area contributed by atoms with E-state index in [0.29, 0.717) is 6.42 Å². The average Bonchev–Trinajstić information content (AvgIpc) is 3.10. The van der Waals surface area contributed by atoms with Gasteiger partial charge in [0.1, 0.15) is 0 Å². The van der Waals surface area contributed by atoms with Gasteiger partial charge in [-0.25, -0.2) is 4.57 Å². The molecule has 1 unspecified atom stereocenters. The van der Waals surface area contributed by atoms with E-state index in [1.54, 1.807) is 6.08 Å². The van der Waals surface area contributed by atoms with Gasteiger partial charge in [0, 0.05) is 13.0 Å². The first kappa shape index (κ1) is 49.2. The van der Waals surface area contributed by atoms with Crippen LogP contribution in [0.15, 0.2) is 12.2 Å². The molecule has 0 aliphatic rings. The van der Waals surface area contributed by atoms with Crippen molar-refractivity contribution in [2.24, 2.45) is 5.73 Å². The van der Waals surface area contributed by atoms with E-state index in [4.69, 9.17) is 14.8 Å². The zero-order valence-corrected chi connectivity index (χ0v) is 33.8. The number of unbranched alkanes of at least 4 members (excludes halogenated alkanes) is 28. The molecule has 0 aliphatic heterocycles. The highest BCUT2D eigenvalue weighted by Gasteiger charge is 2.26. The standard InChI is InChI=1S/C41H83N2O6P/c1-3-5-7-9-11-13-15-17-18-19-20-21-23-25-27-29-31-33-35-41(45)43-39(38-49-50(46,47)48-37-36-42)40(44)34-32-30-28-26-24-22-16-14-12-10-8-6-4-2/h32,34,39-40,44H,3-31,33,35-38,42H2,1-2H3,(H,43,45)(H,46,47)/b34-32+/t39-,40+/m0/s1. The highest BCUT2D eigenvalue weighted by atomic mass is 31.2. The molecule has 0 aromatic heterocycles. The van der Waals surface area contributed by atoms with Crippen LogP contribution in [-0.4, -0.2) is 47.8 Å². The Bertz CT molecular complexity index is 799. The van der Waals surface area contributed by atoms with Crippen LogP contribution in [0.4, 0.5) is 0 Å². The monoisotopic (exact) mass is 731 g/mol. The number of phosphoric acid groups is 1. The second-order valence-electron chi connectivity index (χ2n) is 14.6. The predicted molar refractivity (Wildman–Crippen MR) is 212 cm³/mol. The largest absolute Gasteiger partial charge is 0.472 e. The van der Waals surface area contributed by atoms with Crippen LogP contribution in [-0.2, 0) is 18.4 Å². The zero-order chi connectivity index (χ0) is 36.8. The molecule has 298 valence electrons. The van der Waals surface area contributed by atoms with Crippen LogP contribution in [0.3, 0.4) is 0 Å². The van der Waals surface area contributed by atoms with Gasteiger partial charge in [0.25, 0.3) is 0 Å². The second-order valence-corrected chi connectivity index (χ2v) is 16.0. The molecule has 0 heterocycles. The number of hydrogen-bond donors (Lipinski definition) is 4. The maximum atomic E-state index is 12.7. The highest BCUT2D eigenvalue weighted by Crippen LogP contribution is 2.43. The number of aliphatic hydroxyl groups is 1.